The van der Waals surface area contributed by atoms with Gasteiger partial charge >= 0.3 is 25.4 Å². The highest BCUT2D eigenvalue weighted by molar-refractivity contribution is 6.62. The van der Waals surface area contributed by atoms with Crippen molar-refractivity contribution in [2.24, 2.45) is 0 Å². The number of hydrogen-bond donors (Lipinski definition) is 3. The summed E-state index contributed by atoms with van der Waals surface area (Å²) in [4.78, 5) is 19.9. The minimum atomic E-state index is -4.80. The molecular weight excluding hydrogens is 1110 g/mol. The maximum atomic E-state index is 16.1. The Bertz CT molecular complexity index is 3230. The fourth-order valence-electron chi connectivity index (χ4n) is 9.59. The zero-order valence-corrected chi connectivity index (χ0v) is 44.6. The standard InChI is InChI=1S/C32H27F7N8O2.C23H29BF3N3O3.CH4/c33-22-4-8-25(26(34)15-22)30(49,18-47-19-42-43-44-47)31(35,36)28-10-3-21(16-41-28)20-1-5-23(6-2-20)45-11-13-46(14-12-45)24-7-9-27(40-17-24)29(48)32(37,38)39;1-21(2)22(3,4)33-24(32-21)16-5-7-17(8-6-16)29-11-13-30(14-12-29)18-9-10-19(28-15-18)20(31)23(25,26)27;/h1-10,15-17,19,29,48-49H,11-14,18H2;5-10,15,20,31H,11-14H2,1-4H3;1H4/t29?,30-;;/m0../s1. The highest BCUT2D eigenvalue weighted by Crippen LogP contribution is 2.47. The van der Waals surface area contributed by atoms with Crippen molar-refractivity contribution >= 4 is 35.3 Å². The first-order valence-corrected chi connectivity index (χ1v) is 25.8. The van der Waals surface area contributed by atoms with Gasteiger partial charge in [-0.25, -0.2) is 13.5 Å². The monoisotopic (exact) mass is 1170 g/mol. The summed E-state index contributed by atoms with van der Waals surface area (Å²) in [6, 6.07) is 25.2. The molecule has 83 heavy (non-hydrogen) atoms. The molecule has 0 radical (unpaired) electrons. The molecule has 3 atom stereocenters. The van der Waals surface area contributed by atoms with Crippen molar-refractivity contribution in [3.05, 3.63) is 162 Å². The molecule has 0 aliphatic carbocycles. The van der Waals surface area contributed by atoms with Gasteiger partial charge in [0.25, 0.3) is 0 Å². The second kappa shape index (κ2) is 24.0. The van der Waals surface area contributed by atoms with Crippen molar-refractivity contribution in [3.8, 4) is 11.1 Å². The molecule has 16 nitrogen and oxygen atoms in total. The largest absolute Gasteiger partial charge is 0.494 e. The minimum Gasteiger partial charge on any atom is -0.399 e. The molecule has 7 heterocycles. The third-order valence-electron chi connectivity index (χ3n) is 15.1. The van der Waals surface area contributed by atoms with Crippen LogP contribution in [0.5, 0.6) is 0 Å². The van der Waals surface area contributed by atoms with E-state index in [4.69, 9.17) is 9.31 Å². The van der Waals surface area contributed by atoms with E-state index in [1.165, 1.54) is 36.8 Å². The van der Waals surface area contributed by atoms with E-state index in [1.807, 2.05) is 56.9 Å². The number of anilines is 4. The van der Waals surface area contributed by atoms with Crippen molar-refractivity contribution in [3.63, 3.8) is 0 Å². The zero-order chi connectivity index (χ0) is 59.0. The SMILES string of the molecule is C.CC1(C)OB(c2ccc(N3CCN(c4ccc(C(O)C(F)(F)F)nc4)CC3)cc2)OC1(C)C.OC(c1ccc(N2CCN(c3ccc(-c4ccc(C(F)(F)[C@](O)(Cn5cnnn5)c5ccc(F)cc5F)nc4)cc3)CC2)cn1)C(F)(F)F. The molecule has 0 spiro atoms. The van der Waals surface area contributed by atoms with Crippen LogP contribution in [0.4, 0.5) is 66.7 Å². The van der Waals surface area contributed by atoms with Crippen molar-refractivity contribution in [2.75, 3.05) is 72.0 Å². The topological polar surface area (TPSA) is 174 Å². The van der Waals surface area contributed by atoms with Gasteiger partial charge in [-0.05, 0) is 116 Å². The Kier molecular flexibility index (Phi) is 17.8. The normalized spacial score (nSPS) is 18.0. The van der Waals surface area contributed by atoms with E-state index in [0.717, 1.165) is 70.9 Å². The first kappa shape index (κ1) is 61.6. The number of nitrogens with zero attached hydrogens (tertiary/aromatic N) is 11. The zero-order valence-electron chi connectivity index (χ0n) is 44.6. The van der Waals surface area contributed by atoms with Crippen LogP contribution in [0.15, 0.2) is 128 Å². The molecule has 27 heteroatoms. The average Bonchev–Trinajstić information content (AvgIpc) is 2.61. The van der Waals surface area contributed by atoms with E-state index >= 15 is 8.78 Å². The predicted molar refractivity (Wildman–Crippen MR) is 290 cm³/mol. The summed E-state index contributed by atoms with van der Waals surface area (Å²) in [5.74, 6) is -6.59. The van der Waals surface area contributed by atoms with Crippen LogP contribution in [0.2, 0.25) is 0 Å². The number of halogens is 10. The molecule has 0 amide bonds. The Morgan fingerprint density at radius 2 is 1.01 bits per heavy atom. The average molecular weight is 1170 g/mol. The van der Waals surface area contributed by atoms with Gasteiger partial charge in [0.05, 0.1) is 52.9 Å². The molecule has 3 saturated heterocycles. The van der Waals surface area contributed by atoms with Gasteiger partial charge in [0.1, 0.15) is 23.7 Å². The van der Waals surface area contributed by atoms with Crippen molar-refractivity contribution in [1.29, 1.82) is 0 Å². The Morgan fingerprint density at radius 1 is 0.566 bits per heavy atom. The van der Waals surface area contributed by atoms with Crippen LogP contribution >= 0.6 is 0 Å². The van der Waals surface area contributed by atoms with Gasteiger partial charge in [-0.1, -0.05) is 37.8 Å². The highest BCUT2D eigenvalue weighted by Gasteiger charge is 2.58. The third-order valence-corrected chi connectivity index (χ3v) is 15.1. The molecular formula is C56H60BF10N11O5. The smallest absolute Gasteiger partial charge is 0.399 e. The summed E-state index contributed by atoms with van der Waals surface area (Å²) in [5, 5.41) is 40.3. The number of hydrogen-bond acceptors (Lipinski definition) is 15. The summed E-state index contributed by atoms with van der Waals surface area (Å²) in [5.41, 5.74) is -1.16. The minimum absolute atomic E-state index is 0. The van der Waals surface area contributed by atoms with E-state index in [0.29, 0.717) is 62.1 Å². The molecule has 0 saturated carbocycles. The van der Waals surface area contributed by atoms with E-state index in [-0.39, 0.29) is 18.6 Å². The van der Waals surface area contributed by atoms with Gasteiger partial charge in [0.15, 0.2) is 17.8 Å². The van der Waals surface area contributed by atoms with Crippen LogP contribution in [-0.2, 0) is 27.4 Å². The first-order chi connectivity index (χ1) is 38.6. The van der Waals surface area contributed by atoms with Crippen LogP contribution in [0.3, 0.4) is 0 Å². The molecule has 7 aromatic rings. The molecule has 3 N–H and O–H groups in total. The van der Waals surface area contributed by atoms with Crippen LogP contribution in [0, 0.1) is 11.6 Å². The highest BCUT2D eigenvalue weighted by atomic mass is 19.4. The molecule has 442 valence electrons. The fraction of sp³-hybridized carbons (Fsp3) is 0.393. The molecule has 0 bridgehead atoms. The summed E-state index contributed by atoms with van der Waals surface area (Å²) < 4.78 is 150. The van der Waals surface area contributed by atoms with Crippen LogP contribution < -0.4 is 25.1 Å². The van der Waals surface area contributed by atoms with Crippen LogP contribution in [0.1, 0.15) is 70.0 Å². The number of pyridine rings is 3. The maximum absolute atomic E-state index is 16.1. The lowest BCUT2D eigenvalue weighted by Gasteiger charge is -2.37. The lowest BCUT2D eigenvalue weighted by Crippen LogP contribution is -2.48. The van der Waals surface area contributed by atoms with Crippen molar-refractivity contribution in [2.45, 2.75) is 89.0 Å². The number of aliphatic hydroxyl groups excluding tert-OH is 2. The van der Waals surface area contributed by atoms with Gasteiger partial charge in [-0.15, -0.1) is 5.10 Å². The Labute approximate surface area is 472 Å². The second-order valence-electron chi connectivity index (χ2n) is 20.9. The Morgan fingerprint density at radius 3 is 1.41 bits per heavy atom. The Hall–Kier alpha value is -7.46. The quantitative estimate of drug-likeness (QED) is 0.0737. The molecule has 4 aromatic heterocycles. The van der Waals surface area contributed by atoms with Crippen LogP contribution in [-0.4, -0.2) is 134 Å². The summed E-state index contributed by atoms with van der Waals surface area (Å²) in [6.45, 7) is 12.4. The van der Waals surface area contributed by atoms with Gasteiger partial charge in [0, 0.05) is 87.1 Å². The molecule has 3 aliphatic heterocycles. The predicted octanol–water partition coefficient (Wildman–Crippen LogP) is 8.95. The van der Waals surface area contributed by atoms with E-state index < -0.39 is 84.0 Å². The molecule has 3 fully saturated rings. The molecule has 3 aliphatic rings. The van der Waals surface area contributed by atoms with Gasteiger partial charge in [-0.2, -0.15) is 35.1 Å². The number of aromatic nitrogens is 7. The summed E-state index contributed by atoms with van der Waals surface area (Å²) in [7, 11) is -0.396. The Balaban J connectivity index is 0.000000231. The number of rotatable bonds is 13. The first-order valence-electron chi connectivity index (χ1n) is 25.8. The number of tetrazole rings is 1. The summed E-state index contributed by atoms with van der Waals surface area (Å²) >= 11 is 0. The fourth-order valence-corrected chi connectivity index (χ4v) is 9.59. The van der Waals surface area contributed by atoms with E-state index in [2.05, 4.69) is 57.3 Å². The lowest BCUT2D eigenvalue weighted by molar-refractivity contribution is -0.208. The van der Waals surface area contributed by atoms with E-state index in [9.17, 15) is 50.4 Å². The number of alkyl halides is 8. The van der Waals surface area contributed by atoms with Gasteiger partial charge in [-0.3, -0.25) is 15.0 Å². The molecule has 2 unspecified atom stereocenters. The number of benzene rings is 3. The maximum Gasteiger partial charge on any atom is 0.494 e. The van der Waals surface area contributed by atoms with Crippen molar-refractivity contribution < 1.29 is 68.5 Å². The number of aliphatic hydroxyl groups is 3. The van der Waals surface area contributed by atoms with Crippen LogP contribution in [0.25, 0.3) is 11.1 Å². The van der Waals surface area contributed by atoms with Crippen molar-refractivity contribution in [1.82, 2.24) is 35.2 Å². The van der Waals surface area contributed by atoms with Gasteiger partial charge < -0.3 is 44.2 Å². The third kappa shape index (κ3) is 13.3. The summed E-state index contributed by atoms with van der Waals surface area (Å²) in [6.07, 6.45) is -9.88. The molecule has 3 aromatic carbocycles. The lowest BCUT2D eigenvalue weighted by atomic mass is 9.79. The van der Waals surface area contributed by atoms with E-state index in [1.54, 1.807) is 18.2 Å². The second-order valence-corrected chi connectivity index (χ2v) is 20.9. The van der Waals surface area contributed by atoms with Gasteiger partial charge in [0.2, 0.25) is 0 Å². The number of piperazine rings is 2. The molecule has 10 rings (SSSR count).